The highest BCUT2D eigenvalue weighted by Crippen LogP contribution is 2.42. The fourth-order valence-corrected chi connectivity index (χ4v) is 4.86. The van der Waals surface area contributed by atoms with Crippen molar-refractivity contribution in [1.29, 1.82) is 0 Å². The molecule has 0 bridgehead atoms. The van der Waals surface area contributed by atoms with Crippen molar-refractivity contribution >= 4 is 28.9 Å². The Labute approximate surface area is 192 Å². The Kier molecular flexibility index (Phi) is 6.18. The van der Waals surface area contributed by atoms with Crippen molar-refractivity contribution in [1.82, 2.24) is 19.8 Å². The molecule has 6 nitrogen and oxygen atoms in total. The Hall–Kier alpha value is -2.61. The highest BCUT2D eigenvalue weighted by atomic mass is 35.5. The van der Waals surface area contributed by atoms with Gasteiger partial charge in [-0.1, -0.05) is 17.7 Å². The van der Waals surface area contributed by atoms with Gasteiger partial charge in [-0.3, -0.25) is 4.98 Å². The van der Waals surface area contributed by atoms with Gasteiger partial charge in [0.15, 0.2) is 5.11 Å². The lowest BCUT2D eigenvalue weighted by Gasteiger charge is -2.28. The van der Waals surface area contributed by atoms with Gasteiger partial charge in [-0.05, 0) is 74.4 Å². The van der Waals surface area contributed by atoms with Crippen molar-refractivity contribution in [3.05, 3.63) is 76.3 Å². The fraction of sp³-hybridized carbons (Fsp3) is 0.304. The second kappa shape index (κ2) is 8.86. The lowest BCUT2D eigenvalue weighted by molar-refractivity contribution is 0.247. The summed E-state index contributed by atoms with van der Waals surface area (Å²) < 4.78 is 2.01. The van der Waals surface area contributed by atoms with Gasteiger partial charge in [0.1, 0.15) is 5.75 Å². The van der Waals surface area contributed by atoms with E-state index in [0.29, 0.717) is 28.8 Å². The number of aromatic hydroxyl groups is 1. The molecule has 3 aromatic rings. The van der Waals surface area contributed by atoms with E-state index in [1.807, 2.05) is 36.6 Å². The van der Waals surface area contributed by atoms with E-state index in [1.54, 1.807) is 24.4 Å². The van der Waals surface area contributed by atoms with E-state index in [1.165, 1.54) is 0 Å². The second-order valence-corrected chi connectivity index (χ2v) is 8.52. The van der Waals surface area contributed by atoms with Crippen LogP contribution in [0.15, 0.2) is 48.7 Å². The lowest BCUT2D eigenvalue weighted by atomic mass is 9.96. The molecule has 0 aliphatic carbocycles. The molecule has 162 valence electrons. The topological polar surface area (TPSA) is 73.5 Å². The van der Waals surface area contributed by atoms with Crippen molar-refractivity contribution in [2.75, 3.05) is 13.2 Å². The van der Waals surface area contributed by atoms with E-state index >= 15 is 0 Å². The minimum absolute atomic E-state index is 0.0928. The molecule has 31 heavy (non-hydrogen) atoms. The summed E-state index contributed by atoms with van der Waals surface area (Å²) in [5, 5.41) is 24.5. The van der Waals surface area contributed by atoms with Crippen LogP contribution in [0.1, 0.15) is 41.1 Å². The molecule has 1 aromatic carbocycles. The van der Waals surface area contributed by atoms with E-state index in [0.717, 1.165) is 22.6 Å². The summed E-state index contributed by atoms with van der Waals surface area (Å²) in [6, 6.07) is 12.8. The van der Waals surface area contributed by atoms with Gasteiger partial charge in [-0.15, -0.1) is 0 Å². The number of hydrogen-bond donors (Lipinski definition) is 3. The molecule has 0 amide bonds. The van der Waals surface area contributed by atoms with E-state index in [9.17, 15) is 10.2 Å². The third kappa shape index (κ3) is 4.01. The first-order valence-electron chi connectivity index (χ1n) is 10.2. The Morgan fingerprint density at radius 1 is 1.19 bits per heavy atom. The van der Waals surface area contributed by atoms with Gasteiger partial charge in [0.05, 0.1) is 23.5 Å². The Morgan fingerprint density at radius 3 is 2.71 bits per heavy atom. The SMILES string of the molecule is Cc1cc([C@H]2[C@@H](c3ccccn3)NC(=S)N2CCCO)c(C)n1-c1cc(Cl)ccc1O. The number of pyridine rings is 1. The van der Waals surface area contributed by atoms with Gasteiger partial charge in [-0.2, -0.15) is 0 Å². The van der Waals surface area contributed by atoms with E-state index in [-0.39, 0.29) is 24.4 Å². The highest BCUT2D eigenvalue weighted by molar-refractivity contribution is 7.80. The first-order valence-corrected chi connectivity index (χ1v) is 11.0. The number of nitrogens with one attached hydrogen (secondary N) is 1. The van der Waals surface area contributed by atoms with E-state index in [2.05, 4.69) is 21.3 Å². The first-order chi connectivity index (χ1) is 14.9. The third-order valence-corrected chi connectivity index (χ3v) is 6.31. The van der Waals surface area contributed by atoms with Gasteiger partial charge >= 0.3 is 0 Å². The maximum atomic E-state index is 10.5. The molecule has 1 aliphatic rings. The molecule has 4 rings (SSSR count). The molecule has 0 unspecified atom stereocenters. The zero-order valence-electron chi connectivity index (χ0n) is 17.4. The van der Waals surface area contributed by atoms with Gasteiger partial charge in [0.2, 0.25) is 0 Å². The van der Waals surface area contributed by atoms with Gasteiger partial charge < -0.3 is 25.0 Å². The molecule has 2 atom stereocenters. The molecular formula is C23H25ClN4O2S. The molecule has 3 N–H and O–H groups in total. The minimum Gasteiger partial charge on any atom is -0.506 e. The Bertz CT molecular complexity index is 1100. The lowest BCUT2D eigenvalue weighted by Crippen LogP contribution is -2.31. The first kappa shape index (κ1) is 21.6. The molecule has 3 heterocycles. The summed E-state index contributed by atoms with van der Waals surface area (Å²) in [5.41, 5.74) is 4.58. The average Bonchev–Trinajstić information content (AvgIpc) is 3.24. The van der Waals surface area contributed by atoms with Crippen molar-refractivity contribution in [2.24, 2.45) is 0 Å². The zero-order valence-corrected chi connectivity index (χ0v) is 19.0. The van der Waals surface area contributed by atoms with Crippen LogP contribution < -0.4 is 5.32 Å². The molecule has 8 heteroatoms. The van der Waals surface area contributed by atoms with Crippen LogP contribution in [0.3, 0.4) is 0 Å². The summed E-state index contributed by atoms with van der Waals surface area (Å²) in [6.45, 7) is 4.76. The number of benzene rings is 1. The van der Waals surface area contributed by atoms with Gasteiger partial charge in [0.25, 0.3) is 0 Å². The summed E-state index contributed by atoms with van der Waals surface area (Å²) >= 11 is 11.9. The quantitative estimate of drug-likeness (QED) is 0.483. The summed E-state index contributed by atoms with van der Waals surface area (Å²) in [5.74, 6) is 0.163. The summed E-state index contributed by atoms with van der Waals surface area (Å²) in [4.78, 5) is 6.69. The Balaban J connectivity index is 1.84. The van der Waals surface area contributed by atoms with Crippen molar-refractivity contribution in [3.8, 4) is 11.4 Å². The maximum Gasteiger partial charge on any atom is 0.170 e. The van der Waals surface area contributed by atoms with Crippen molar-refractivity contribution in [3.63, 3.8) is 0 Å². The average molecular weight is 457 g/mol. The maximum absolute atomic E-state index is 10.5. The monoisotopic (exact) mass is 456 g/mol. The number of aliphatic hydroxyl groups is 1. The summed E-state index contributed by atoms with van der Waals surface area (Å²) in [7, 11) is 0. The molecular weight excluding hydrogens is 432 g/mol. The molecule has 0 saturated carbocycles. The van der Waals surface area contributed by atoms with Crippen LogP contribution in [0, 0.1) is 13.8 Å². The molecule has 1 fully saturated rings. The predicted molar refractivity (Wildman–Crippen MR) is 126 cm³/mol. The van der Waals surface area contributed by atoms with Crippen LogP contribution in [0.25, 0.3) is 5.69 Å². The van der Waals surface area contributed by atoms with Crippen LogP contribution >= 0.6 is 23.8 Å². The largest absolute Gasteiger partial charge is 0.506 e. The molecule has 0 spiro atoms. The number of rotatable bonds is 6. The number of phenols is 1. The highest BCUT2D eigenvalue weighted by Gasteiger charge is 2.41. The number of aromatic nitrogens is 2. The molecule has 1 saturated heterocycles. The fourth-order valence-electron chi connectivity index (χ4n) is 4.36. The third-order valence-electron chi connectivity index (χ3n) is 5.72. The van der Waals surface area contributed by atoms with Crippen molar-refractivity contribution < 1.29 is 10.2 Å². The number of thiocarbonyl (C=S) groups is 1. The number of halogens is 1. The van der Waals surface area contributed by atoms with Crippen LogP contribution in [-0.4, -0.2) is 42.9 Å². The van der Waals surface area contributed by atoms with Gasteiger partial charge in [0, 0.05) is 35.8 Å². The number of phenolic OH excluding ortho intramolecular Hbond substituents is 1. The number of hydrogen-bond acceptors (Lipinski definition) is 4. The minimum atomic E-state index is -0.130. The number of aliphatic hydroxyl groups excluding tert-OH is 1. The summed E-state index contributed by atoms with van der Waals surface area (Å²) in [6.07, 6.45) is 2.39. The van der Waals surface area contributed by atoms with E-state index < -0.39 is 0 Å². The molecule has 1 aliphatic heterocycles. The second-order valence-electron chi connectivity index (χ2n) is 7.69. The Morgan fingerprint density at radius 2 is 2.00 bits per heavy atom. The number of nitrogens with zero attached hydrogens (tertiary/aromatic N) is 3. The zero-order chi connectivity index (χ0) is 22.1. The normalized spacial score (nSPS) is 18.5. The van der Waals surface area contributed by atoms with Crippen LogP contribution in [0.2, 0.25) is 5.02 Å². The predicted octanol–water partition coefficient (Wildman–Crippen LogP) is 4.20. The van der Waals surface area contributed by atoms with Crippen molar-refractivity contribution in [2.45, 2.75) is 32.4 Å². The van der Waals surface area contributed by atoms with Gasteiger partial charge in [-0.25, -0.2) is 0 Å². The standard InChI is InChI=1S/C23H25ClN4O2S/c1-14-12-17(15(2)28(14)19-13-16(24)7-8-20(19)30)22-21(18-6-3-4-9-25-18)26-23(31)27(22)10-5-11-29/h3-4,6-9,12-13,21-22,29-30H,5,10-11H2,1-2H3,(H,26,31)/t21-,22+/m1/s1. The van der Waals surface area contributed by atoms with E-state index in [4.69, 9.17) is 23.8 Å². The molecule has 2 aromatic heterocycles. The van der Waals surface area contributed by atoms with Crippen LogP contribution in [0.5, 0.6) is 5.75 Å². The molecule has 0 radical (unpaired) electrons. The van der Waals surface area contributed by atoms with Crippen LogP contribution in [0.4, 0.5) is 0 Å². The van der Waals surface area contributed by atoms with Crippen LogP contribution in [-0.2, 0) is 0 Å². The smallest absolute Gasteiger partial charge is 0.170 e. The number of aryl methyl sites for hydroxylation is 1.